The number of nitrogens with one attached hydrogen (secondary N) is 1. The first kappa shape index (κ1) is 14.0. The van der Waals surface area contributed by atoms with Crippen molar-refractivity contribution in [1.82, 2.24) is 5.32 Å². The third kappa shape index (κ3) is 5.73. The Labute approximate surface area is 110 Å². The van der Waals surface area contributed by atoms with Crippen molar-refractivity contribution < 1.29 is 9.90 Å². The number of rotatable bonds is 4. The monoisotopic (exact) mass is 273 g/mol. The van der Waals surface area contributed by atoms with Gasteiger partial charge in [-0.1, -0.05) is 23.2 Å². The van der Waals surface area contributed by atoms with Crippen LogP contribution in [0.1, 0.15) is 12.5 Å². The van der Waals surface area contributed by atoms with E-state index >= 15 is 0 Å². The van der Waals surface area contributed by atoms with Crippen LogP contribution in [0.3, 0.4) is 0 Å². The summed E-state index contributed by atoms with van der Waals surface area (Å²) in [5.74, 6) is -0.276. The lowest BCUT2D eigenvalue weighted by atomic mass is 10.2. The fourth-order valence-corrected chi connectivity index (χ4v) is 1.69. The number of carbonyl (C=O) groups excluding carboxylic acids is 1. The summed E-state index contributed by atoms with van der Waals surface area (Å²) in [6.45, 7) is 1.82. The second-order valence-electron chi connectivity index (χ2n) is 3.63. The molecule has 1 atom stereocenters. The van der Waals surface area contributed by atoms with Crippen LogP contribution in [-0.2, 0) is 4.79 Å². The Morgan fingerprint density at radius 1 is 1.41 bits per heavy atom. The van der Waals surface area contributed by atoms with Gasteiger partial charge in [0.25, 0.3) is 0 Å². The minimum Gasteiger partial charge on any atom is -0.392 e. The molecule has 0 saturated heterocycles. The lowest BCUT2D eigenvalue weighted by Crippen LogP contribution is -2.28. The van der Waals surface area contributed by atoms with Gasteiger partial charge in [-0.3, -0.25) is 4.79 Å². The van der Waals surface area contributed by atoms with Crippen molar-refractivity contribution in [1.29, 1.82) is 0 Å². The molecular weight excluding hydrogens is 261 g/mol. The Hall–Kier alpha value is -1.03. The molecule has 1 aromatic rings. The Balaban J connectivity index is 2.60. The first-order chi connectivity index (χ1) is 7.97. The third-order valence-corrected chi connectivity index (χ3v) is 2.32. The van der Waals surface area contributed by atoms with Gasteiger partial charge in [0.05, 0.1) is 6.10 Å². The molecule has 0 aromatic heterocycles. The van der Waals surface area contributed by atoms with Gasteiger partial charge < -0.3 is 10.4 Å². The lowest BCUT2D eigenvalue weighted by molar-refractivity contribution is -0.116. The lowest BCUT2D eigenvalue weighted by Gasteiger charge is -2.03. The van der Waals surface area contributed by atoms with Crippen molar-refractivity contribution in [3.8, 4) is 0 Å². The van der Waals surface area contributed by atoms with Crippen molar-refractivity contribution in [2.45, 2.75) is 13.0 Å². The Morgan fingerprint density at radius 3 is 2.53 bits per heavy atom. The number of hydrogen-bond acceptors (Lipinski definition) is 2. The molecule has 0 unspecified atom stereocenters. The zero-order valence-corrected chi connectivity index (χ0v) is 10.8. The van der Waals surface area contributed by atoms with E-state index in [0.29, 0.717) is 10.0 Å². The summed E-state index contributed by atoms with van der Waals surface area (Å²) in [5, 5.41) is 12.6. The van der Waals surface area contributed by atoms with E-state index in [4.69, 9.17) is 28.3 Å². The molecule has 5 heteroatoms. The zero-order chi connectivity index (χ0) is 12.8. The van der Waals surface area contributed by atoms with E-state index in [1.165, 1.54) is 6.08 Å². The number of hydrogen-bond donors (Lipinski definition) is 2. The van der Waals surface area contributed by atoms with E-state index < -0.39 is 6.10 Å². The number of halogens is 2. The van der Waals surface area contributed by atoms with Crippen molar-refractivity contribution in [2.75, 3.05) is 6.54 Å². The highest BCUT2D eigenvalue weighted by atomic mass is 35.5. The molecule has 17 heavy (non-hydrogen) atoms. The van der Waals surface area contributed by atoms with Gasteiger partial charge in [-0.05, 0) is 36.8 Å². The van der Waals surface area contributed by atoms with Crippen LogP contribution in [0.2, 0.25) is 10.0 Å². The molecule has 0 aliphatic rings. The number of carbonyl (C=O) groups is 1. The maximum Gasteiger partial charge on any atom is 0.244 e. The predicted molar refractivity (Wildman–Crippen MR) is 70.2 cm³/mol. The van der Waals surface area contributed by atoms with Crippen molar-refractivity contribution in [2.24, 2.45) is 0 Å². The van der Waals surface area contributed by atoms with E-state index in [2.05, 4.69) is 5.32 Å². The minimum absolute atomic E-state index is 0.222. The molecule has 0 bridgehead atoms. The summed E-state index contributed by atoms with van der Waals surface area (Å²) in [6, 6.07) is 5.02. The van der Waals surface area contributed by atoms with Gasteiger partial charge in [-0.2, -0.15) is 0 Å². The third-order valence-electron chi connectivity index (χ3n) is 1.88. The molecule has 0 fully saturated rings. The van der Waals surface area contributed by atoms with Gasteiger partial charge in [-0.15, -0.1) is 0 Å². The van der Waals surface area contributed by atoms with E-state index in [1.807, 2.05) is 0 Å². The molecule has 0 aliphatic heterocycles. The van der Waals surface area contributed by atoms with Gasteiger partial charge in [0.2, 0.25) is 5.91 Å². The highest BCUT2D eigenvalue weighted by Crippen LogP contribution is 2.19. The van der Waals surface area contributed by atoms with Crippen LogP contribution in [0.15, 0.2) is 24.3 Å². The van der Waals surface area contributed by atoms with Gasteiger partial charge in [0.15, 0.2) is 0 Å². The maximum atomic E-state index is 11.3. The normalized spacial score (nSPS) is 12.7. The van der Waals surface area contributed by atoms with Gasteiger partial charge in [0, 0.05) is 22.7 Å². The molecule has 0 spiro atoms. The molecule has 1 amide bonds. The predicted octanol–water partition coefficient (Wildman–Crippen LogP) is 2.50. The van der Waals surface area contributed by atoms with Crippen LogP contribution in [0, 0.1) is 0 Å². The van der Waals surface area contributed by atoms with E-state index in [9.17, 15) is 4.79 Å². The summed E-state index contributed by atoms with van der Waals surface area (Å²) in [7, 11) is 0. The molecule has 92 valence electrons. The van der Waals surface area contributed by atoms with Crippen molar-refractivity contribution >= 4 is 35.2 Å². The molecule has 2 N–H and O–H groups in total. The largest absolute Gasteiger partial charge is 0.392 e. The fraction of sp³-hybridized carbons (Fsp3) is 0.250. The SMILES string of the molecule is C[C@@H](O)CNC(=O)/C=C/c1cc(Cl)cc(Cl)c1. The smallest absolute Gasteiger partial charge is 0.244 e. The molecule has 0 saturated carbocycles. The summed E-state index contributed by atoms with van der Waals surface area (Å²) >= 11 is 11.6. The molecule has 0 heterocycles. The van der Waals surface area contributed by atoms with Crippen molar-refractivity contribution in [3.63, 3.8) is 0 Å². The van der Waals surface area contributed by atoms with E-state index in [-0.39, 0.29) is 12.5 Å². The first-order valence-corrected chi connectivity index (χ1v) is 5.83. The minimum atomic E-state index is -0.562. The van der Waals surface area contributed by atoms with Crippen LogP contribution in [0.5, 0.6) is 0 Å². The number of aliphatic hydroxyl groups excluding tert-OH is 1. The zero-order valence-electron chi connectivity index (χ0n) is 9.28. The highest BCUT2D eigenvalue weighted by Gasteiger charge is 1.99. The Kier molecular flexibility index (Phi) is 5.48. The molecule has 0 radical (unpaired) electrons. The van der Waals surface area contributed by atoms with E-state index in [1.54, 1.807) is 31.2 Å². The summed E-state index contributed by atoms with van der Waals surface area (Å²) in [6.07, 6.45) is 2.41. The summed E-state index contributed by atoms with van der Waals surface area (Å²) in [5.41, 5.74) is 0.745. The Morgan fingerprint density at radius 2 is 2.00 bits per heavy atom. The number of amides is 1. The summed E-state index contributed by atoms with van der Waals surface area (Å²) < 4.78 is 0. The van der Waals surface area contributed by atoms with Crippen LogP contribution < -0.4 is 5.32 Å². The van der Waals surface area contributed by atoms with Gasteiger partial charge in [-0.25, -0.2) is 0 Å². The van der Waals surface area contributed by atoms with E-state index in [0.717, 1.165) is 5.56 Å². The highest BCUT2D eigenvalue weighted by molar-refractivity contribution is 6.34. The quantitative estimate of drug-likeness (QED) is 0.829. The first-order valence-electron chi connectivity index (χ1n) is 5.07. The van der Waals surface area contributed by atoms with Crippen molar-refractivity contribution in [3.05, 3.63) is 39.9 Å². The summed E-state index contributed by atoms with van der Waals surface area (Å²) in [4.78, 5) is 11.3. The standard InChI is InChI=1S/C12H13Cl2NO2/c1-8(16)7-15-12(17)3-2-9-4-10(13)6-11(14)5-9/h2-6,8,16H,7H2,1H3,(H,15,17)/b3-2+/t8-/m1/s1. The van der Waals surface area contributed by atoms with Crippen LogP contribution >= 0.6 is 23.2 Å². The average molecular weight is 274 g/mol. The molecular formula is C12H13Cl2NO2. The van der Waals surface area contributed by atoms with Gasteiger partial charge in [0.1, 0.15) is 0 Å². The van der Waals surface area contributed by atoms with Crippen LogP contribution in [0.25, 0.3) is 6.08 Å². The van der Waals surface area contributed by atoms with Gasteiger partial charge >= 0.3 is 0 Å². The topological polar surface area (TPSA) is 49.3 Å². The fourth-order valence-electron chi connectivity index (χ4n) is 1.15. The number of benzene rings is 1. The van der Waals surface area contributed by atoms with Crippen LogP contribution in [-0.4, -0.2) is 23.7 Å². The second-order valence-corrected chi connectivity index (χ2v) is 4.50. The average Bonchev–Trinajstić information content (AvgIpc) is 2.22. The maximum absolute atomic E-state index is 11.3. The molecule has 3 nitrogen and oxygen atoms in total. The Bertz CT molecular complexity index is 410. The second kappa shape index (κ2) is 6.64. The number of aliphatic hydroxyl groups is 1. The molecule has 0 aliphatic carbocycles. The van der Waals surface area contributed by atoms with Crippen LogP contribution in [0.4, 0.5) is 0 Å². The molecule has 1 aromatic carbocycles. The molecule has 1 rings (SSSR count).